The van der Waals surface area contributed by atoms with Gasteiger partial charge in [0.2, 0.25) is 5.88 Å². The van der Waals surface area contributed by atoms with Crippen molar-refractivity contribution in [2.24, 2.45) is 0 Å². The van der Waals surface area contributed by atoms with E-state index in [1.807, 2.05) is 4.98 Å². The quantitative estimate of drug-likeness (QED) is 0.481. The molecule has 0 aliphatic heterocycles. The summed E-state index contributed by atoms with van der Waals surface area (Å²) in [6.07, 6.45) is 7.09. The number of allylic oxidation sites excluding steroid dienone is 2. The minimum Gasteiger partial charge on any atom is -0.494 e. The Morgan fingerprint density at radius 1 is 1.36 bits per heavy atom. The van der Waals surface area contributed by atoms with Crippen molar-refractivity contribution in [2.75, 3.05) is 0 Å². The fourth-order valence-corrected chi connectivity index (χ4v) is 1.81. The summed E-state index contributed by atoms with van der Waals surface area (Å²) in [5.74, 6) is -1.40. The zero-order valence-electron chi connectivity index (χ0n) is 11.5. The number of hydrogen-bond donors (Lipinski definition) is 2. The minimum absolute atomic E-state index is 0.0319. The zero-order valence-corrected chi connectivity index (χ0v) is 11.5. The van der Waals surface area contributed by atoms with Crippen molar-refractivity contribution in [1.82, 2.24) is 14.5 Å². The number of ketones is 1. The van der Waals surface area contributed by atoms with Crippen LogP contribution in [0.25, 0.3) is 6.08 Å². The SMILES string of the molecule is C=CCn1c(O)c(C(=O)/C=C/c2ccncc2)c(=O)[nH]c1=O. The number of H-pyrrole nitrogens is 1. The second kappa shape index (κ2) is 6.49. The van der Waals surface area contributed by atoms with E-state index in [0.717, 1.165) is 10.6 Å². The van der Waals surface area contributed by atoms with E-state index in [9.17, 15) is 19.5 Å². The van der Waals surface area contributed by atoms with Crippen LogP contribution in [0.3, 0.4) is 0 Å². The van der Waals surface area contributed by atoms with Gasteiger partial charge in [-0.25, -0.2) is 4.79 Å². The molecule has 2 N–H and O–H groups in total. The van der Waals surface area contributed by atoms with E-state index in [4.69, 9.17) is 0 Å². The molecule has 2 heterocycles. The number of hydrogen-bond acceptors (Lipinski definition) is 5. The van der Waals surface area contributed by atoms with Crippen LogP contribution < -0.4 is 11.2 Å². The third-order valence-corrected chi connectivity index (χ3v) is 2.86. The lowest BCUT2D eigenvalue weighted by Crippen LogP contribution is -2.33. The first-order valence-electron chi connectivity index (χ1n) is 6.34. The number of carbonyl (C=O) groups excluding carboxylic acids is 1. The summed E-state index contributed by atoms with van der Waals surface area (Å²) < 4.78 is 0.849. The fraction of sp³-hybridized carbons (Fsp3) is 0.0667. The van der Waals surface area contributed by atoms with Crippen LogP contribution in [0.2, 0.25) is 0 Å². The van der Waals surface area contributed by atoms with Gasteiger partial charge < -0.3 is 5.11 Å². The number of carbonyl (C=O) groups is 1. The third-order valence-electron chi connectivity index (χ3n) is 2.86. The molecule has 0 saturated heterocycles. The normalized spacial score (nSPS) is 10.7. The van der Waals surface area contributed by atoms with E-state index in [1.165, 1.54) is 12.2 Å². The number of rotatable bonds is 5. The molecular weight excluding hydrogens is 286 g/mol. The first kappa shape index (κ1) is 15.2. The predicted octanol–water partition coefficient (Wildman–Crippen LogP) is 0.719. The Kier molecular flexibility index (Phi) is 4.47. The Balaban J connectivity index is 2.44. The van der Waals surface area contributed by atoms with Crippen LogP contribution in [0.15, 0.2) is 52.8 Å². The molecule has 0 amide bonds. The average molecular weight is 299 g/mol. The van der Waals surface area contributed by atoms with E-state index < -0.39 is 28.5 Å². The van der Waals surface area contributed by atoms with E-state index in [1.54, 1.807) is 24.5 Å². The highest BCUT2D eigenvalue weighted by Crippen LogP contribution is 2.12. The zero-order chi connectivity index (χ0) is 16.1. The van der Waals surface area contributed by atoms with Crippen LogP contribution in [-0.2, 0) is 6.54 Å². The molecule has 0 fully saturated rings. The van der Waals surface area contributed by atoms with Crippen molar-refractivity contribution in [3.63, 3.8) is 0 Å². The van der Waals surface area contributed by atoms with Gasteiger partial charge in [0.15, 0.2) is 5.78 Å². The maximum Gasteiger partial charge on any atom is 0.331 e. The van der Waals surface area contributed by atoms with Crippen LogP contribution in [0.5, 0.6) is 5.88 Å². The van der Waals surface area contributed by atoms with E-state index in [0.29, 0.717) is 5.56 Å². The van der Waals surface area contributed by atoms with Gasteiger partial charge in [-0.2, -0.15) is 0 Å². The number of aromatic nitrogens is 3. The highest BCUT2D eigenvalue weighted by Gasteiger charge is 2.18. The molecular formula is C15H13N3O4. The molecule has 0 atom stereocenters. The number of aromatic amines is 1. The van der Waals surface area contributed by atoms with E-state index >= 15 is 0 Å². The van der Waals surface area contributed by atoms with Gasteiger partial charge in [-0.3, -0.25) is 24.1 Å². The lowest BCUT2D eigenvalue weighted by atomic mass is 10.1. The molecule has 0 aliphatic carbocycles. The van der Waals surface area contributed by atoms with Gasteiger partial charge in [-0.05, 0) is 23.8 Å². The number of pyridine rings is 1. The molecule has 0 bridgehead atoms. The molecule has 112 valence electrons. The maximum absolute atomic E-state index is 12.1. The van der Waals surface area contributed by atoms with Crippen LogP contribution in [-0.4, -0.2) is 25.4 Å². The van der Waals surface area contributed by atoms with Crippen LogP contribution in [0, 0.1) is 0 Å². The van der Waals surface area contributed by atoms with Crippen LogP contribution in [0.1, 0.15) is 15.9 Å². The predicted molar refractivity (Wildman–Crippen MR) is 80.8 cm³/mol. The summed E-state index contributed by atoms with van der Waals surface area (Å²) in [6, 6.07) is 3.35. The van der Waals surface area contributed by atoms with Crippen molar-refractivity contribution < 1.29 is 9.90 Å². The molecule has 7 nitrogen and oxygen atoms in total. The lowest BCUT2D eigenvalue weighted by molar-refractivity contribution is 0.104. The van der Waals surface area contributed by atoms with E-state index in [-0.39, 0.29) is 6.54 Å². The number of nitrogens with one attached hydrogen (secondary N) is 1. The number of aromatic hydroxyl groups is 1. The Hall–Kier alpha value is -3.22. The topological polar surface area (TPSA) is 105 Å². The molecule has 0 unspecified atom stereocenters. The van der Waals surface area contributed by atoms with Crippen molar-refractivity contribution in [1.29, 1.82) is 0 Å². The standard InChI is InChI=1S/C15H13N3O4/c1-2-9-18-14(21)12(13(20)17-15(18)22)11(19)4-3-10-5-7-16-8-6-10/h2-8,21H,1,9H2,(H,17,20,22)/b4-3+. The molecule has 0 spiro atoms. The molecule has 0 radical (unpaired) electrons. The second-order valence-corrected chi connectivity index (χ2v) is 4.34. The highest BCUT2D eigenvalue weighted by molar-refractivity contribution is 6.07. The van der Waals surface area contributed by atoms with Crippen molar-refractivity contribution in [3.8, 4) is 5.88 Å². The summed E-state index contributed by atoms with van der Waals surface area (Å²) in [6.45, 7) is 3.41. The fourth-order valence-electron chi connectivity index (χ4n) is 1.81. The summed E-state index contributed by atoms with van der Waals surface area (Å²) in [7, 11) is 0. The molecule has 0 aliphatic rings. The van der Waals surface area contributed by atoms with Crippen LogP contribution >= 0.6 is 0 Å². The Morgan fingerprint density at radius 2 is 2.05 bits per heavy atom. The Labute approximate surface area is 124 Å². The summed E-state index contributed by atoms with van der Waals surface area (Å²) in [5, 5.41) is 9.98. The summed E-state index contributed by atoms with van der Waals surface area (Å²) >= 11 is 0. The molecule has 2 aromatic rings. The van der Waals surface area contributed by atoms with Crippen LogP contribution in [0.4, 0.5) is 0 Å². The summed E-state index contributed by atoms with van der Waals surface area (Å²) in [4.78, 5) is 41.3. The van der Waals surface area contributed by atoms with Gasteiger partial charge in [0.05, 0.1) is 0 Å². The maximum atomic E-state index is 12.1. The Morgan fingerprint density at radius 3 is 2.68 bits per heavy atom. The molecule has 7 heteroatoms. The second-order valence-electron chi connectivity index (χ2n) is 4.34. The molecule has 2 aromatic heterocycles. The monoisotopic (exact) mass is 299 g/mol. The minimum atomic E-state index is -0.938. The smallest absolute Gasteiger partial charge is 0.331 e. The van der Waals surface area contributed by atoms with Gasteiger partial charge >= 0.3 is 5.69 Å². The third kappa shape index (κ3) is 3.09. The van der Waals surface area contributed by atoms with E-state index in [2.05, 4.69) is 11.6 Å². The van der Waals surface area contributed by atoms with Crippen molar-refractivity contribution in [3.05, 3.63) is 75.2 Å². The van der Waals surface area contributed by atoms with Gasteiger partial charge in [0.1, 0.15) is 5.56 Å². The first-order valence-corrected chi connectivity index (χ1v) is 6.34. The van der Waals surface area contributed by atoms with Gasteiger partial charge in [-0.1, -0.05) is 12.2 Å². The summed E-state index contributed by atoms with van der Waals surface area (Å²) in [5.41, 5.74) is -1.53. The van der Waals surface area contributed by atoms with Crippen molar-refractivity contribution in [2.45, 2.75) is 6.54 Å². The first-order chi connectivity index (χ1) is 10.5. The molecule has 2 rings (SSSR count). The largest absolute Gasteiger partial charge is 0.494 e. The molecule has 0 saturated carbocycles. The average Bonchev–Trinajstić information content (AvgIpc) is 2.50. The Bertz CT molecular complexity index is 847. The highest BCUT2D eigenvalue weighted by atomic mass is 16.3. The van der Waals surface area contributed by atoms with Gasteiger partial charge in [0.25, 0.3) is 5.56 Å². The molecule has 22 heavy (non-hydrogen) atoms. The lowest BCUT2D eigenvalue weighted by Gasteiger charge is -2.07. The van der Waals surface area contributed by atoms with Crippen molar-refractivity contribution >= 4 is 11.9 Å². The molecule has 0 aromatic carbocycles. The van der Waals surface area contributed by atoms with Gasteiger partial charge in [-0.15, -0.1) is 6.58 Å². The number of nitrogens with zero attached hydrogens (tertiary/aromatic N) is 2. The van der Waals surface area contributed by atoms with Gasteiger partial charge in [0, 0.05) is 18.9 Å².